The van der Waals surface area contributed by atoms with Gasteiger partial charge in [-0.15, -0.1) is 0 Å². The zero-order valence-electron chi connectivity index (χ0n) is 16.0. The molecule has 1 aromatic carbocycles. The summed E-state index contributed by atoms with van der Waals surface area (Å²) >= 11 is 0. The molecule has 1 aromatic heterocycles. The van der Waals surface area contributed by atoms with Crippen molar-refractivity contribution in [3.63, 3.8) is 0 Å². The van der Waals surface area contributed by atoms with E-state index in [1.165, 1.54) is 29.4 Å². The summed E-state index contributed by atoms with van der Waals surface area (Å²) in [7, 11) is -3.76. The first-order chi connectivity index (χ1) is 13.1. The molecule has 1 aliphatic rings. The lowest BCUT2D eigenvalue weighted by atomic mass is 10.1. The third-order valence-electron chi connectivity index (χ3n) is 4.98. The Kier molecular flexibility index (Phi) is 5.35. The minimum absolute atomic E-state index is 0.0318. The Morgan fingerprint density at radius 3 is 2.39 bits per heavy atom. The van der Waals surface area contributed by atoms with Gasteiger partial charge >= 0.3 is 0 Å². The second kappa shape index (κ2) is 7.44. The topological polar surface area (TPSA) is 115 Å². The average molecular weight is 406 g/mol. The molecule has 2 aromatic rings. The summed E-state index contributed by atoms with van der Waals surface area (Å²) in [6, 6.07) is 4.15. The minimum atomic E-state index is -3.76. The van der Waals surface area contributed by atoms with Crippen LogP contribution in [0.25, 0.3) is 0 Å². The van der Waals surface area contributed by atoms with Crippen molar-refractivity contribution in [1.29, 1.82) is 0 Å². The van der Waals surface area contributed by atoms with Crippen molar-refractivity contribution in [3.8, 4) is 0 Å². The van der Waals surface area contributed by atoms with Gasteiger partial charge in [-0.05, 0) is 39.7 Å². The van der Waals surface area contributed by atoms with Crippen LogP contribution in [0.1, 0.15) is 46.6 Å². The second-order valence-corrected chi connectivity index (χ2v) is 8.81. The Labute approximate surface area is 163 Å². The summed E-state index contributed by atoms with van der Waals surface area (Å²) in [5.74, 6) is -0.608. The maximum absolute atomic E-state index is 13.1. The van der Waals surface area contributed by atoms with E-state index in [-0.39, 0.29) is 27.5 Å². The number of carbonyl (C=O) groups is 1. The largest absolute Gasteiger partial charge is 0.278 e. The molecule has 0 spiro atoms. The number of nitrogens with zero attached hydrogens (tertiary/aromatic N) is 4. The lowest BCUT2D eigenvalue weighted by Gasteiger charge is -2.25. The van der Waals surface area contributed by atoms with Gasteiger partial charge in [-0.3, -0.25) is 14.9 Å². The molecule has 2 heterocycles. The van der Waals surface area contributed by atoms with Gasteiger partial charge in [0.2, 0.25) is 10.0 Å². The Morgan fingerprint density at radius 1 is 1.14 bits per heavy atom. The fraction of sp³-hybridized carbons (Fsp3) is 0.444. The lowest BCUT2D eigenvalue weighted by Crippen LogP contribution is -2.36. The molecule has 28 heavy (non-hydrogen) atoms. The molecular formula is C18H22N4O5S. The molecule has 1 saturated heterocycles. The quantitative estimate of drug-likeness (QED) is 0.569. The Hall–Kier alpha value is -2.59. The normalized spacial score (nSPS) is 15.5. The predicted octanol–water partition coefficient (Wildman–Crippen LogP) is 2.58. The van der Waals surface area contributed by atoms with Crippen LogP contribution in [0.3, 0.4) is 0 Å². The molecule has 1 fully saturated rings. The molecule has 9 nitrogen and oxygen atoms in total. The van der Waals surface area contributed by atoms with E-state index in [9.17, 15) is 23.3 Å². The van der Waals surface area contributed by atoms with E-state index in [1.54, 1.807) is 13.8 Å². The van der Waals surface area contributed by atoms with E-state index in [4.69, 9.17) is 0 Å². The molecule has 0 aliphatic carbocycles. The third kappa shape index (κ3) is 3.45. The number of aromatic nitrogens is 2. The van der Waals surface area contributed by atoms with E-state index < -0.39 is 20.9 Å². The summed E-state index contributed by atoms with van der Waals surface area (Å²) in [6.45, 7) is 5.55. The van der Waals surface area contributed by atoms with E-state index >= 15 is 0 Å². The fourth-order valence-electron chi connectivity index (χ4n) is 3.50. The van der Waals surface area contributed by atoms with Gasteiger partial charge in [-0.2, -0.15) is 14.1 Å². The van der Waals surface area contributed by atoms with Crippen molar-refractivity contribution in [3.05, 3.63) is 50.8 Å². The Balaban J connectivity index is 2.03. The summed E-state index contributed by atoms with van der Waals surface area (Å²) in [5.41, 5.74) is 0.774. The highest BCUT2D eigenvalue weighted by atomic mass is 32.2. The first-order valence-electron chi connectivity index (χ1n) is 9.00. The maximum Gasteiger partial charge on any atom is 0.278 e. The van der Waals surface area contributed by atoms with Crippen molar-refractivity contribution in [2.45, 2.75) is 44.9 Å². The van der Waals surface area contributed by atoms with Crippen molar-refractivity contribution in [2.75, 3.05) is 13.1 Å². The van der Waals surface area contributed by atoms with Gasteiger partial charge in [0.25, 0.3) is 11.6 Å². The highest BCUT2D eigenvalue weighted by Gasteiger charge is 2.33. The maximum atomic E-state index is 13.1. The van der Waals surface area contributed by atoms with Gasteiger partial charge < -0.3 is 0 Å². The van der Waals surface area contributed by atoms with Gasteiger partial charge in [-0.25, -0.2) is 8.42 Å². The molecule has 0 bridgehead atoms. The highest BCUT2D eigenvalue weighted by Crippen LogP contribution is 2.27. The van der Waals surface area contributed by atoms with Crippen molar-refractivity contribution in [2.24, 2.45) is 0 Å². The minimum Gasteiger partial charge on any atom is -0.267 e. The number of sulfonamides is 1. The van der Waals surface area contributed by atoms with Gasteiger partial charge in [0.15, 0.2) is 0 Å². The first-order valence-corrected chi connectivity index (χ1v) is 10.4. The SMILES string of the molecule is Cc1ccc(C(=O)n2nc(C)c(S(=O)(=O)N3CCCCC3)c2C)cc1[N+](=O)[O-]. The zero-order chi connectivity index (χ0) is 20.6. The van der Waals surface area contributed by atoms with E-state index in [2.05, 4.69) is 5.10 Å². The van der Waals surface area contributed by atoms with Crippen LogP contribution in [0.5, 0.6) is 0 Å². The smallest absolute Gasteiger partial charge is 0.267 e. The summed E-state index contributed by atoms with van der Waals surface area (Å²) in [6.07, 6.45) is 2.60. The number of rotatable bonds is 4. The number of hydrogen-bond acceptors (Lipinski definition) is 6. The van der Waals surface area contributed by atoms with Crippen LogP contribution < -0.4 is 0 Å². The first kappa shape index (κ1) is 20.2. The van der Waals surface area contributed by atoms with Crippen LogP contribution in [-0.4, -0.2) is 46.4 Å². The monoisotopic (exact) mass is 406 g/mol. The van der Waals surface area contributed by atoms with Crippen LogP contribution in [-0.2, 0) is 10.0 Å². The molecule has 0 radical (unpaired) electrons. The second-order valence-electron chi connectivity index (χ2n) is 6.94. The van der Waals surface area contributed by atoms with Crippen molar-refractivity contribution < 1.29 is 18.1 Å². The van der Waals surface area contributed by atoms with E-state index in [0.29, 0.717) is 18.7 Å². The number of piperidine rings is 1. The molecule has 1 aliphatic heterocycles. The van der Waals surface area contributed by atoms with Gasteiger partial charge in [-0.1, -0.05) is 12.5 Å². The molecule has 0 amide bonds. The zero-order valence-corrected chi connectivity index (χ0v) is 16.8. The number of nitro groups is 1. The summed E-state index contributed by atoms with van der Waals surface area (Å²) in [4.78, 5) is 23.5. The highest BCUT2D eigenvalue weighted by molar-refractivity contribution is 7.89. The van der Waals surface area contributed by atoms with E-state index in [0.717, 1.165) is 23.9 Å². The van der Waals surface area contributed by atoms with Crippen molar-refractivity contribution >= 4 is 21.6 Å². The molecule has 10 heteroatoms. The molecule has 0 atom stereocenters. The van der Waals surface area contributed by atoms with Crippen LogP contribution >= 0.6 is 0 Å². The Bertz CT molecular complexity index is 1050. The lowest BCUT2D eigenvalue weighted by molar-refractivity contribution is -0.385. The molecule has 0 saturated carbocycles. The predicted molar refractivity (Wildman–Crippen MR) is 102 cm³/mol. The number of nitro benzene ring substituents is 1. The van der Waals surface area contributed by atoms with Crippen LogP contribution in [0.15, 0.2) is 23.1 Å². The van der Waals surface area contributed by atoms with Crippen LogP contribution in [0.2, 0.25) is 0 Å². The third-order valence-corrected chi connectivity index (χ3v) is 7.13. The van der Waals surface area contributed by atoms with Crippen LogP contribution in [0, 0.1) is 30.9 Å². The van der Waals surface area contributed by atoms with E-state index in [1.807, 2.05) is 0 Å². The molecule has 3 rings (SSSR count). The number of carbonyl (C=O) groups excluding carboxylic acids is 1. The van der Waals surface area contributed by atoms with Gasteiger partial charge in [0.05, 0.1) is 16.3 Å². The number of hydrogen-bond donors (Lipinski definition) is 0. The standard InChI is InChI=1S/C18H22N4O5S/c1-12-7-8-15(11-16(12)22(24)25)18(23)21-14(3)17(13(2)19-21)28(26,27)20-9-5-4-6-10-20/h7-8,11H,4-6,9-10H2,1-3H3. The molecular weight excluding hydrogens is 384 g/mol. The molecule has 0 unspecified atom stereocenters. The molecule has 0 N–H and O–H groups in total. The summed E-state index contributed by atoms with van der Waals surface area (Å²) < 4.78 is 28.6. The fourth-order valence-corrected chi connectivity index (χ4v) is 5.37. The van der Waals surface area contributed by atoms with Gasteiger partial charge in [0.1, 0.15) is 4.90 Å². The molecule has 150 valence electrons. The number of aryl methyl sites for hydroxylation is 2. The number of benzene rings is 1. The van der Waals surface area contributed by atoms with Crippen molar-refractivity contribution in [1.82, 2.24) is 14.1 Å². The van der Waals surface area contributed by atoms with Gasteiger partial charge in [0, 0.05) is 30.3 Å². The summed E-state index contributed by atoms with van der Waals surface area (Å²) in [5, 5.41) is 15.3. The Morgan fingerprint density at radius 2 is 1.79 bits per heavy atom. The van der Waals surface area contributed by atoms with Crippen LogP contribution in [0.4, 0.5) is 5.69 Å². The average Bonchev–Trinajstić information content (AvgIpc) is 2.96.